The molecule has 0 amide bonds. The quantitative estimate of drug-likeness (QED) is 0.717. The van der Waals surface area contributed by atoms with Gasteiger partial charge in [0.25, 0.3) is 0 Å². The monoisotopic (exact) mass is 289 g/mol. The first kappa shape index (κ1) is 12.7. The van der Waals surface area contributed by atoms with E-state index in [1.54, 1.807) is 24.4 Å². The van der Waals surface area contributed by atoms with E-state index >= 15 is 0 Å². The maximum atomic E-state index is 6.14. The Morgan fingerprint density at radius 3 is 2.47 bits per heavy atom. The van der Waals surface area contributed by atoms with E-state index in [4.69, 9.17) is 39.2 Å². The van der Waals surface area contributed by atoms with Gasteiger partial charge >= 0.3 is 0 Å². The van der Waals surface area contributed by atoms with Crippen LogP contribution in [-0.2, 0) is 4.87 Å². The van der Waals surface area contributed by atoms with Crippen LogP contribution in [0.4, 0.5) is 0 Å². The highest BCUT2D eigenvalue weighted by Gasteiger charge is 2.22. The molecule has 0 saturated carbocycles. The summed E-state index contributed by atoms with van der Waals surface area (Å²) in [7, 11) is 0. The lowest BCUT2D eigenvalue weighted by Gasteiger charge is -2.10. The van der Waals surface area contributed by atoms with Crippen molar-refractivity contribution < 1.29 is 4.42 Å². The maximum absolute atomic E-state index is 6.14. The van der Waals surface area contributed by atoms with Crippen LogP contribution in [-0.4, -0.2) is 4.98 Å². The Labute approximate surface area is 115 Å². The second-order valence-electron chi connectivity index (χ2n) is 4.13. The van der Waals surface area contributed by atoms with Crippen LogP contribution in [0.5, 0.6) is 0 Å². The van der Waals surface area contributed by atoms with Crippen LogP contribution in [0.3, 0.4) is 0 Å². The lowest BCUT2D eigenvalue weighted by Crippen LogP contribution is -2.04. The molecule has 2 rings (SSSR count). The first-order valence-corrected chi connectivity index (χ1v) is 6.12. The zero-order chi connectivity index (χ0) is 12.6. The number of aromatic nitrogens is 1. The summed E-state index contributed by atoms with van der Waals surface area (Å²) < 4.78 is 5.58. The minimum Gasteiger partial charge on any atom is -0.439 e. The zero-order valence-corrected chi connectivity index (χ0v) is 11.6. The molecule has 0 bridgehead atoms. The summed E-state index contributed by atoms with van der Waals surface area (Å²) in [6, 6.07) is 5.15. The van der Waals surface area contributed by atoms with Gasteiger partial charge in [0.15, 0.2) is 0 Å². The molecular weight excluding hydrogens is 280 g/mol. The Kier molecular flexibility index (Phi) is 3.39. The van der Waals surface area contributed by atoms with E-state index < -0.39 is 4.87 Å². The second-order valence-corrected chi connectivity index (χ2v) is 5.91. The van der Waals surface area contributed by atoms with Gasteiger partial charge in [0.05, 0.1) is 21.7 Å². The van der Waals surface area contributed by atoms with Crippen LogP contribution in [0.1, 0.15) is 19.6 Å². The Morgan fingerprint density at radius 1 is 1.24 bits per heavy atom. The highest BCUT2D eigenvalue weighted by Crippen LogP contribution is 2.34. The average molecular weight is 291 g/mol. The van der Waals surface area contributed by atoms with Gasteiger partial charge in [-0.1, -0.05) is 23.2 Å². The van der Waals surface area contributed by atoms with E-state index in [0.717, 1.165) is 0 Å². The van der Waals surface area contributed by atoms with Gasteiger partial charge in [-0.05, 0) is 32.0 Å². The molecule has 0 aliphatic carbocycles. The predicted molar refractivity (Wildman–Crippen MR) is 70.8 cm³/mol. The number of rotatable bonds is 2. The molecule has 0 fully saturated rings. The molecule has 0 radical (unpaired) electrons. The SMILES string of the molecule is CC(C)(Cl)c1cnc(-c2ccc(Cl)cc2Cl)o1. The van der Waals surface area contributed by atoms with Gasteiger partial charge in [0.1, 0.15) is 5.76 Å². The molecular formula is C12H10Cl3NO. The number of benzene rings is 1. The fourth-order valence-corrected chi connectivity index (χ4v) is 1.91. The third-order valence-corrected chi connectivity index (χ3v) is 2.99. The summed E-state index contributed by atoms with van der Waals surface area (Å²) in [5, 5.41) is 1.07. The van der Waals surface area contributed by atoms with Crippen LogP contribution in [0.25, 0.3) is 11.5 Å². The molecule has 90 valence electrons. The Balaban J connectivity index is 2.44. The second kappa shape index (κ2) is 4.52. The standard InChI is InChI=1S/C12H10Cl3NO/c1-12(2,15)10-6-16-11(17-10)8-4-3-7(13)5-9(8)14/h3-6H,1-2H3. The van der Waals surface area contributed by atoms with E-state index in [1.165, 1.54) is 0 Å². The fraction of sp³-hybridized carbons (Fsp3) is 0.250. The lowest BCUT2D eigenvalue weighted by atomic mass is 10.2. The Hall–Kier alpha value is -0.700. The molecule has 2 nitrogen and oxygen atoms in total. The number of halogens is 3. The molecule has 0 atom stereocenters. The molecule has 17 heavy (non-hydrogen) atoms. The molecule has 0 saturated heterocycles. The van der Waals surface area contributed by atoms with Crippen LogP contribution >= 0.6 is 34.8 Å². The van der Waals surface area contributed by atoms with Crippen molar-refractivity contribution >= 4 is 34.8 Å². The predicted octanol–water partition coefficient (Wildman–Crippen LogP) is 5.12. The number of nitrogens with zero attached hydrogens (tertiary/aromatic N) is 1. The van der Waals surface area contributed by atoms with Crippen molar-refractivity contribution in [3.8, 4) is 11.5 Å². The maximum Gasteiger partial charge on any atom is 0.227 e. The summed E-state index contributed by atoms with van der Waals surface area (Å²) >= 11 is 18.0. The molecule has 1 heterocycles. The molecule has 0 N–H and O–H groups in total. The van der Waals surface area contributed by atoms with Gasteiger partial charge in [0.2, 0.25) is 5.89 Å². The summed E-state index contributed by atoms with van der Waals surface area (Å²) in [5.41, 5.74) is 0.697. The van der Waals surface area contributed by atoms with E-state index in [-0.39, 0.29) is 0 Å². The minimum atomic E-state index is -0.593. The number of alkyl halides is 1. The molecule has 0 spiro atoms. The topological polar surface area (TPSA) is 26.0 Å². The molecule has 2 aromatic rings. The van der Waals surface area contributed by atoms with E-state index in [0.29, 0.717) is 27.3 Å². The van der Waals surface area contributed by atoms with E-state index in [9.17, 15) is 0 Å². The minimum absolute atomic E-state index is 0.440. The van der Waals surface area contributed by atoms with Crippen LogP contribution in [0, 0.1) is 0 Å². The third-order valence-electron chi connectivity index (χ3n) is 2.25. The van der Waals surface area contributed by atoms with E-state index in [1.807, 2.05) is 13.8 Å². The van der Waals surface area contributed by atoms with Gasteiger partial charge in [-0.2, -0.15) is 0 Å². The smallest absolute Gasteiger partial charge is 0.227 e. The van der Waals surface area contributed by atoms with Crippen LogP contribution < -0.4 is 0 Å². The summed E-state index contributed by atoms with van der Waals surface area (Å²) in [6.45, 7) is 3.67. The fourth-order valence-electron chi connectivity index (χ4n) is 1.34. The van der Waals surface area contributed by atoms with Crippen LogP contribution in [0.15, 0.2) is 28.8 Å². The van der Waals surface area contributed by atoms with Crippen molar-refractivity contribution in [1.29, 1.82) is 0 Å². The van der Waals surface area contributed by atoms with Gasteiger partial charge in [0, 0.05) is 5.02 Å². The molecule has 0 aliphatic heterocycles. The normalized spacial score (nSPS) is 11.8. The first-order valence-electron chi connectivity index (χ1n) is 4.98. The van der Waals surface area contributed by atoms with Gasteiger partial charge in [-0.3, -0.25) is 0 Å². The van der Waals surface area contributed by atoms with Crippen molar-refractivity contribution in [2.24, 2.45) is 0 Å². The van der Waals surface area contributed by atoms with Crippen molar-refractivity contribution in [2.45, 2.75) is 18.7 Å². The van der Waals surface area contributed by atoms with E-state index in [2.05, 4.69) is 4.98 Å². The Bertz CT molecular complexity index is 543. The summed E-state index contributed by atoms with van der Waals surface area (Å²) in [5.74, 6) is 1.04. The van der Waals surface area contributed by atoms with Crippen molar-refractivity contribution in [2.75, 3.05) is 0 Å². The van der Waals surface area contributed by atoms with Gasteiger partial charge in [-0.15, -0.1) is 11.6 Å². The summed E-state index contributed by atoms with van der Waals surface area (Å²) in [6.07, 6.45) is 1.60. The first-order chi connectivity index (χ1) is 7.88. The number of hydrogen-bond donors (Lipinski definition) is 0. The zero-order valence-electron chi connectivity index (χ0n) is 9.30. The highest BCUT2D eigenvalue weighted by molar-refractivity contribution is 6.36. The molecule has 1 aromatic carbocycles. The molecule has 1 aromatic heterocycles. The number of oxazole rings is 1. The van der Waals surface area contributed by atoms with Gasteiger partial charge < -0.3 is 4.42 Å². The Morgan fingerprint density at radius 2 is 1.94 bits per heavy atom. The average Bonchev–Trinajstić information content (AvgIpc) is 2.65. The molecule has 5 heteroatoms. The number of hydrogen-bond acceptors (Lipinski definition) is 2. The van der Waals surface area contributed by atoms with Gasteiger partial charge in [-0.25, -0.2) is 4.98 Å². The van der Waals surface area contributed by atoms with Crippen molar-refractivity contribution in [3.63, 3.8) is 0 Å². The lowest BCUT2D eigenvalue weighted by molar-refractivity contribution is 0.472. The highest BCUT2D eigenvalue weighted by atomic mass is 35.5. The molecule has 0 unspecified atom stereocenters. The summed E-state index contributed by atoms with van der Waals surface area (Å²) in [4.78, 5) is 3.57. The van der Waals surface area contributed by atoms with Crippen molar-refractivity contribution in [3.05, 3.63) is 40.2 Å². The third kappa shape index (κ3) is 2.76. The van der Waals surface area contributed by atoms with Crippen molar-refractivity contribution in [1.82, 2.24) is 4.98 Å². The van der Waals surface area contributed by atoms with Crippen LogP contribution in [0.2, 0.25) is 10.0 Å². The molecule has 0 aliphatic rings. The largest absolute Gasteiger partial charge is 0.439 e.